The molecule has 0 aliphatic heterocycles. The Morgan fingerprint density at radius 1 is 1.50 bits per heavy atom. The minimum Gasteiger partial charge on any atom is -0.292 e. The Kier molecular flexibility index (Phi) is 5.38. The molecule has 1 aromatic heterocycles. The maximum Gasteiger partial charge on any atom is 0.209 e. The summed E-state index contributed by atoms with van der Waals surface area (Å²) in [5, 5.41) is 8.68. The van der Waals surface area contributed by atoms with Gasteiger partial charge in [-0.2, -0.15) is 5.10 Å². The van der Waals surface area contributed by atoms with Gasteiger partial charge in [0.15, 0.2) is 5.78 Å². The molecule has 0 saturated heterocycles. The largest absolute Gasteiger partial charge is 0.292 e. The zero-order chi connectivity index (χ0) is 12.0. The molecule has 4 nitrogen and oxygen atoms in total. The smallest absolute Gasteiger partial charge is 0.209 e. The van der Waals surface area contributed by atoms with Crippen LogP contribution in [0.25, 0.3) is 0 Å². The maximum atomic E-state index is 11.7. The van der Waals surface area contributed by atoms with Crippen LogP contribution in [0, 0.1) is 0 Å². The highest BCUT2D eigenvalue weighted by Gasteiger charge is 2.10. The summed E-state index contributed by atoms with van der Waals surface area (Å²) in [6, 6.07) is 0. The van der Waals surface area contributed by atoms with Crippen LogP contribution in [0.15, 0.2) is 11.4 Å². The van der Waals surface area contributed by atoms with Gasteiger partial charge in [-0.3, -0.25) is 4.79 Å². The van der Waals surface area contributed by atoms with Crippen molar-refractivity contribution in [2.24, 2.45) is 0 Å². The van der Waals surface area contributed by atoms with Crippen molar-refractivity contribution in [3.8, 4) is 0 Å². The Labute approximate surface area is 100 Å². The molecule has 0 aliphatic carbocycles. The molecule has 0 aliphatic rings. The highest BCUT2D eigenvalue weighted by molar-refractivity contribution is 7.99. The third-order valence-corrected chi connectivity index (χ3v) is 2.78. The van der Waals surface area contributed by atoms with Crippen molar-refractivity contribution >= 4 is 17.5 Å². The lowest BCUT2D eigenvalue weighted by Crippen LogP contribution is -2.06. The number of ketones is 1. The molecule has 0 fully saturated rings. The first-order chi connectivity index (χ1) is 7.63. The average molecular weight is 239 g/mol. The summed E-state index contributed by atoms with van der Waals surface area (Å²) in [5.74, 6) is 0.0577. The van der Waals surface area contributed by atoms with Gasteiger partial charge in [-0.05, 0) is 6.42 Å². The normalized spacial score (nSPS) is 10.8. The van der Waals surface area contributed by atoms with Gasteiger partial charge in [0.25, 0.3) is 0 Å². The molecule has 0 aromatic carbocycles. The van der Waals surface area contributed by atoms with Crippen molar-refractivity contribution in [2.45, 2.75) is 50.4 Å². The fourth-order valence-corrected chi connectivity index (χ4v) is 1.81. The molecule has 0 amide bonds. The summed E-state index contributed by atoms with van der Waals surface area (Å²) in [7, 11) is 0. The van der Waals surface area contributed by atoms with Crippen molar-refractivity contribution in [2.75, 3.05) is 0 Å². The van der Waals surface area contributed by atoms with E-state index in [2.05, 4.69) is 36.0 Å². The minimum atomic E-state index is 0.0577. The molecule has 0 bridgehead atoms. The lowest BCUT2D eigenvalue weighted by Gasteiger charge is -2.03. The molecule has 0 unspecified atom stereocenters. The molecular weight excluding hydrogens is 222 g/mol. The van der Waals surface area contributed by atoms with E-state index in [1.54, 1.807) is 0 Å². The summed E-state index contributed by atoms with van der Waals surface area (Å²) in [6.45, 7) is 6.17. The molecule has 16 heavy (non-hydrogen) atoms. The van der Waals surface area contributed by atoms with E-state index in [1.807, 2.05) is 0 Å². The topological polar surface area (TPSA) is 55.7 Å². The van der Waals surface area contributed by atoms with Gasteiger partial charge in [-0.25, -0.2) is 4.98 Å². The van der Waals surface area contributed by atoms with E-state index >= 15 is 0 Å². The van der Waals surface area contributed by atoms with Crippen LogP contribution in [0.2, 0.25) is 0 Å². The van der Waals surface area contributed by atoms with E-state index in [0.29, 0.717) is 22.5 Å². The van der Waals surface area contributed by atoms with Crippen LogP contribution in [-0.4, -0.2) is 26.2 Å². The molecule has 0 N–H and O–H groups in total. The molecule has 0 atom stereocenters. The van der Waals surface area contributed by atoms with Crippen molar-refractivity contribution in [3.63, 3.8) is 0 Å². The van der Waals surface area contributed by atoms with Crippen LogP contribution in [0.5, 0.6) is 0 Å². The lowest BCUT2D eigenvalue weighted by molar-refractivity contribution is 0.0973. The number of hydrogen-bond acceptors (Lipinski definition) is 5. The van der Waals surface area contributed by atoms with E-state index in [4.69, 9.17) is 0 Å². The van der Waals surface area contributed by atoms with Gasteiger partial charge >= 0.3 is 0 Å². The predicted molar refractivity (Wildman–Crippen MR) is 64.7 cm³/mol. The van der Waals surface area contributed by atoms with Crippen molar-refractivity contribution < 1.29 is 4.79 Å². The molecule has 0 radical (unpaired) electrons. The van der Waals surface area contributed by atoms with E-state index in [0.717, 1.165) is 12.8 Å². The molecule has 1 rings (SSSR count). The number of unbranched alkanes of at least 4 members (excludes halogenated alkanes) is 1. The summed E-state index contributed by atoms with van der Waals surface area (Å²) in [4.78, 5) is 15.9. The highest BCUT2D eigenvalue weighted by atomic mass is 32.2. The summed E-state index contributed by atoms with van der Waals surface area (Å²) >= 11 is 1.52. The Morgan fingerprint density at radius 2 is 2.25 bits per heavy atom. The molecule has 0 saturated carbocycles. The number of rotatable bonds is 6. The number of thioether (sulfide) groups is 1. The zero-order valence-corrected chi connectivity index (χ0v) is 10.8. The third-order valence-electron chi connectivity index (χ3n) is 1.92. The van der Waals surface area contributed by atoms with Gasteiger partial charge in [0.05, 0.1) is 6.20 Å². The third kappa shape index (κ3) is 4.26. The second-order valence-electron chi connectivity index (χ2n) is 3.82. The van der Waals surface area contributed by atoms with Gasteiger partial charge in [0.2, 0.25) is 5.16 Å². The molecular formula is C11H17N3OS. The van der Waals surface area contributed by atoms with E-state index in [-0.39, 0.29) is 5.78 Å². The summed E-state index contributed by atoms with van der Waals surface area (Å²) in [5.41, 5.74) is 0.437. The average Bonchev–Trinajstić information content (AvgIpc) is 2.25. The number of hydrogen-bond donors (Lipinski definition) is 0. The maximum absolute atomic E-state index is 11.7. The van der Waals surface area contributed by atoms with Crippen molar-refractivity contribution in [1.82, 2.24) is 15.2 Å². The number of aromatic nitrogens is 3. The highest BCUT2D eigenvalue weighted by Crippen LogP contribution is 2.17. The van der Waals surface area contributed by atoms with Gasteiger partial charge in [0.1, 0.15) is 5.69 Å². The fraction of sp³-hybridized carbons (Fsp3) is 0.636. The van der Waals surface area contributed by atoms with Gasteiger partial charge in [-0.1, -0.05) is 39.0 Å². The van der Waals surface area contributed by atoms with Crippen LogP contribution >= 0.6 is 11.8 Å². The standard InChI is InChI=1S/C11H17N3OS/c1-4-5-6-10(15)9-7-12-14-11(13-9)16-8(2)3/h7-8H,4-6H2,1-3H3. The second-order valence-corrected chi connectivity index (χ2v) is 5.36. The molecule has 1 heterocycles. The van der Waals surface area contributed by atoms with Crippen LogP contribution in [0.4, 0.5) is 0 Å². The number of nitrogens with zero attached hydrogens (tertiary/aromatic N) is 3. The molecule has 5 heteroatoms. The minimum absolute atomic E-state index is 0.0577. The van der Waals surface area contributed by atoms with Crippen LogP contribution in [0.3, 0.4) is 0 Å². The SMILES string of the molecule is CCCCC(=O)c1cnnc(SC(C)C)n1. The Hall–Kier alpha value is -0.970. The van der Waals surface area contributed by atoms with Crippen molar-refractivity contribution in [3.05, 3.63) is 11.9 Å². The predicted octanol–water partition coefficient (Wildman–Crippen LogP) is 2.75. The number of carbonyl (C=O) groups is 1. The number of carbonyl (C=O) groups excluding carboxylic acids is 1. The van der Waals surface area contributed by atoms with Gasteiger partial charge < -0.3 is 0 Å². The van der Waals surface area contributed by atoms with Crippen LogP contribution in [-0.2, 0) is 0 Å². The van der Waals surface area contributed by atoms with Gasteiger partial charge in [0, 0.05) is 11.7 Å². The van der Waals surface area contributed by atoms with E-state index < -0.39 is 0 Å². The molecule has 0 spiro atoms. The lowest BCUT2D eigenvalue weighted by atomic mass is 10.1. The first-order valence-corrected chi connectivity index (χ1v) is 6.41. The van der Waals surface area contributed by atoms with Crippen LogP contribution < -0.4 is 0 Å². The Morgan fingerprint density at radius 3 is 2.88 bits per heavy atom. The zero-order valence-electron chi connectivity index (χ0n) is 9.93. The monoisotopic (exact) mass is 239 g/mol. The van der Waals surface area contributed by atoms with Crippen LogP contribution in [0.1, 0.15) is 50.5 Å². The van der Waals surface area contributed by atoms with Gasteiger partial charge in [-0.15, -0.1) is 5.10 Å². The number of Topliss-reactive ketones (excluding diaryl/α,β-unsaturated/α-hetero) is 1. The van der Waals surface area contributed by atoms with Crippen molar-refractivity contribution in [1.29, 1.82) is 0 Å². The van der Waals surface area contributed by atoms with E-state index in [1.165, 1.54) is 18.0 Å². The fourth-order valence-electron chi connectivity index (χ4n) is 1.15. The quantitative estimate of drug-likeness (QED) is 0.564. The Balaban J connectivity index is 2.69. The summed E-state index contributed by atoms with van der Waals surface area (Å²) < 4.78 is 0. The summed E-state index contributed by atoms with van der Waals surface area (Å²) in [6.07, 6.45) is 3.90. The molecule has 1 aromatic rings. The molecule has 88 valence electrons. The van der Waals surface area contributed by atoms with E-state index in [9.17, 15) is 4.79 Å². The first-order valence-electron chi connectivity index (χ1n) is 5.53. The second kappa shape index (κ2) is 6.58. The first kappa shape index (κ1) is 13.1. The Bertz CT molecular complexity index is 355.